The molecule has 1 aliphatic rings. The lowest BCUT2D eigenvalue weighted by atomic mass is 10.2. The molecule has 4 nitrogen and oxygen atoms in total. The molecule has 1 saturated heterocycles. The molecular weight excluding hydrogens is 333 g/mol. The Balaban J connectivity index is 1.90. The Hall–Kier alpha value is -2.04. The van der Waals surface area contributed by atoms with Gasteiger partial charge in [0.15, 0.2) is 0 Å². The van der Waals surface area contributed by atoms with E-state index >= 15 is 0 Å². The van der Waals surface area contributed by atoms with Gasteiger partial charge in [0.1, 0.15) is 5.84 Å². The summed E-state index contributed by atoms with van der Waals surface area (Å²) >= 11 is 12.2. The fourth-order valence-electron chi connectivity index (χ4n) is 2.45. The number of nitrogens with one attached hydrogen (secondary N) is 1. The number of carbonyl (C=O) groups excluding carboxylic acids is 1. The van der Waals surface area contributed by atoms with E-state index in [9.17, 15) is 4.79 Å². The number of anilines is 1. The summed E-state index contributed by atoms with van der Waals surface area (Å²) in [7, 11) is 0. The molecule has 1 fully saturated rings. The van der Waals surface area contributed by atoms with E-state index in [-0.39, 0.29) is 12.3 Å². The number of rotatable bonds is 2. The van der Waals surface area contributed by atoms with Gasteiger partial charge in [-0.25, -0.2) is 10.0 Å². The number of amidine groups is 1. The molecule has 6 heteroatoms. The third-order valence-electron chi connectivity index (χ3n) is 3.55. The monoisotopic (exact) mass is 347 g/mol. The highest BCUT2D eigenvalue weighted by Crippen LogP contribution is 2.33. The number of hydrogen-bond acceptors (Lipinski definition) is 2. The maximum absolute atomic E-state index is 12.3. The van der Waals surface area contributed by atoms with E-state index in [0.29, 0.717) is 21.6 Å². The molecule has 0 unspecified atom stereocenters. The van der Waals surface area contributed by atoms with Crippen LogP contribution in [0, 0.1) is 13.8 Å². The van der Waals surface area contributed by atoms with E-state index in [2.05, 4.69) is 10.4 Å². The Morgan fingerprint density at radius 2 is 1.83 bits per heavy atom. The highest BCUT2D eigenvalue weighted by Gasteiger charge is 2.29. The third kappa shape index (κ3) is 3.33. The van der Waals surface area contributed by atoms with E-state index < -0.39 is 0 Å². The molecule has 0 aromatic heterocycles. The van der Waals surface area contributed by atoms with Crippen molar-refractivity contribution in [2.45, 2.75) is 20.3 Å². The second-order valence-electron chi connectivity index (χ2n) is 5.46. The Morgan fingerprint density at radius 3 is 2.48 bits per heavy atom. The molecular formula is C17H15Cl2N3O. The minimum atomic E-state index is -0.108. The van der Waals surface area contributed by atoms with Crippen molar-refractivity contribution in [2.24, 2.45) is 4.99 Å². The quantitative estimate of drug-likeness (QED) is 0.863. The first-order valence-electron chi connectivity index (χ1n) is 7.13. The molecule has 1 aliphatic heterocycles. The van der Waals surface area contributed by atoms with Crippen molar-refractivity contribution in [1.82, 2.24) is 5.43 Å². The molecule has 2 aromatic rings. The Labute approximate surface area is 144 Å². The van der Waals surface area contributed by atoms with Gasteiger partial charge in [0.05, 0.1) is 22.8 Å². The van der Waals surface area contributed by atoms with Crippen LogP contribution in [0.3, 0.4) is 0 Å². The summed E-state index contributed by atoms with van der Waals surface area (Å²) in [5, 5.41) is 2.39. The summed E-state index contributed by atoms with van der Waals surface area (Å²) in [5.41, 5.74) is 6.41. The Morgan fingerprint density at radius 1 is 1.13 bits per heavy atom. The molecule has 0 radical (unpaired) electrons. The van der Waals surface area contributed by atoms with Crippen LogP contribution in [0.2, 0.25) is 10.0 Å². The van der Waals surface area contributed by atoms with E-state index in [1.165, 1.54) is 5.01 Å². The van der Waals surface area contributed by atoms with Crippen LogP contribution < -0.4 is 10.4 Å². The molecule has 23 heavy (non-hydrogen) atoms. The summed E-state index contributed by atoms with van der Waals surface area (Å²) in [6, 6.07) is 11.2. The number of carbonyl (C=O) groups is 1. The van der Waals surface area contributed by atoms with Crippen LogP contribution in [0.15, 0.2) is 41.4 Å². The number of hydrazine groups is 1. The lowest BCUT2D eigenvalue weighted by molar-refractivity contribution is -0.116. The second kappa shape index (κ2) is 6.22. The molecule has 118 valence electrons. The summed E-state index contributed by atoms with van der Waals surface area (Å²) in [6.07, 6.45) is 0.201. The number of aliphatic imine (C=N–C) groups is 1. The smallest absolute Gasteiger partial charge is 0.253 e. The van der Waals surface area contributed by atoms with Crippen LogP contribution in [0.25, 0.3) is 0 Å². The Bertz CT molecular complexity index is 777. The van der Waals surface area contributed by atoms with Crippen LogP contribution >= 0.6 is 23.2 Å². The number of nitrogens with zero attached hydrogens (tertiary/aromatic N) is 2. The molecule has 1 N–H and O–H groups in total. The largest absolute Gasteiger partial charge is 0.278 e. The van der Waals surface area contributed by atoms with Gasteiger partial charge in [-0.1, -0.05) is 40.9 Å². The third-order valence-corrected chi connectivity index (χ3v) is 4.06. The Kier molecular flexibility index (Phi) is 4.28. The first-order valence-corrected chi connectivity index (χ1v) is 7.89. The second-order valence-corrected chi connectivity index (χ2v) is 6.31. The van der Waals surface area contributed by atoms with Gasteiger partial charge in [0.25, 0.3) is 5.91 Å². The van der Waals surface area contributed by atoms with E-state index in [0.717, 1.165) is 16.8 Å². The fraction of sp³-hybridized carbons (Fsp3) is 0.176. The molecule has 1 heterocycles. The molecule has 0 bridgehead atoms. The average molecular weight is 348 g/mol. The van der Waals surface area contributed by atoms with Gasteiger partial charge in [0, 0.05) is 5.02 Å². The maximum atomic E-state index is 12.3. The highest BCUT2D eigenvalue weighted by molar-refractivity contribution is 6.37. The minimum Gasteiger partial charge on any atom is -0.278 e. The van der Waals surface area contributed by atoms with Gasteiger partial charge in [0.2, 0.25) is 0 Å². The van der Waals surface area contributed by atoms with Crippen molar-refractivity contribution in [3.05, 3.63) is 57.6 Å². The molecule has 0 aliphatic carbocycles. The SMILES string of the molecule is Cc1ccc(N=C2CC(=O)N(c3c(C)cc(Cl)cc3Cl)N2)cc1. The van der Waals surface area contributed by atoms with Crippen molar-refractivity contribution in [2.75, 3.05) is 5.01 Å². The fourth-order valence-corrected chi connectivity index (χ4v) is 3.13. The van der Waals surface area contributed by atoms with Gasteiger partial charge >= 0.3 is 0 Å². The van der Waals surface area contributed by atoms with Crippen LogP contribution in [0.1, 0.15) is 17.5 Å². The predicted molar refractivity (Wildman–Crippen MR) is 94.7 cm³/mol. The maximum Gasteiger partial charge on any atom is 0.253 e. The summed E-state index contributed by atoms with van der Waals surface area (Å²) in [4.78, 5) is 16.8. The molecule has 0 atom stereocenters. The zero-order chi connectivity index (χ0) is 16.6. The van der Waals surface area contributed by atoms with Crippen LogP contribution in [-0.4, -0.2) is 11.7 Å². The zero-order valence-electron chi connectivity index (χ0n) is 12.7. The van der Waals surface area contributed by atoms with Gasteiger partial charge in [-0.3, -0.25) is 10.2 Å². The van der Waals surface area contributed by atoms with E-state index in [1.807, 2.05) is 38.1 Å². The molecule has 1 amide bonds. The van der Waals surface area contributed by atoms with Crippen LogP contribution in [0.4, 0.5) is 11.4 Å². The normalized spacial score (nSPS) is 16.1. The molecule has 0 spiro atoms. The summed E-state index contributed by atoms with van der Waals surface area (Å²) in [5.74, 6) is 0.479. The van der Waals surface area contributed by atoms with Crippen molar-refractivity contribution in [3.63, 3.8) is 0 Å². The molecule has 3 rings (SSSR count). The molecule has 0 saturated carbocycles. The number of hydrogen-bond donors (Lipinski definition) is 1. The molecule has 2 aromatic carbocycles. The first kappa shape index (κ1) is 15.8. The summed E-state index contributed by atoms with van der Waals surface area (Å²) < 4.78 is 0. The first-order chi connectivity index (χ1) is 10.9. The van der Waals surface area contributed by atoms with Crippen molar-refractivity contribution in [1.29, 1.82) is 0 Å². The highest BCUT2D eigenvalue weighted by atomic mass is 35.5. The average Bonchev–Trinajstić information content (AvgIpc) is 2.81. The van der Waals surface area contributed by atoms with Gasteiger partial charge in [-0.2, -0.15) is 0 Å². The van der Waals surface area contributed by atoms with Crippen molar-refractivity contribution < 1.29 is 4.79 Å². The minimum absolute atomic E-state index is 0.108. The number of halogens is 2. The topological polar surface area (TPSA) is 44.7 Å². The standard InChI is InChI=1S/C17H15Cl2N3O/c1-10-3-5-13(6-4-10)20-15-9-16(23)22(21-15)17-11(2)7-12(18)8-14(17)19/h3-8H,9H2,1-2H3,(H,20,21). The predicted octanol–water partition coefficient (Wildman–Crippen LogP) is 4.58. The van der Waals surface area contributed by atoms with Crippen molar-refractivity contribution >= 4 is 46.3 Å². The number of aryl methyl sites for hydroxylation is 2. The zero-order valence-corrected chi connectivity index (χ0v) is 14.2. The van der Waals surface area contributed by atoms with E-state index in [4.69, 9.17) is 23.2 Å². The lowest BCUT2D eigenvalue weighted by Crippen LogP contribution is -2.36. The number of benzene rings is 2. The summed E-state index contributed by atoms with van der Waals surface area (Å²) in [6.45, 7) is 3.87. The van der Waals surface area contributed by atoms with Crippen LogP contribution in [-0.2, 0) is 4.79 Å². The van der Waals surface area contributed by atoms with Gasteiger partial charge < -0.3 is 0 Å². The number of amides is 1. The lowest BCUT2D eigenvalue weighted by Gasteiger charge is -2.20. The van der Waals surface area contributed by atoms with Gasteiger partial charge in [-0.05, 0) is 43.7 Å². The van der Waals surface area contributed by atoms with E-state index in [1.54, 1.807) is 12.1 Å². The van der Waals surface area contributed by atoms with Gasteiger partial charge in [-0.15, -0.1) is 0 Å². The van der Waals surface area contributed by atoms with Crippen molar-refractivity contribution in [3.8, 4) is 0 Å². The van der Waals surface area contributed by atoms with Crippen LogP contribution in [0.5, 0.6) is 0 Å².